The van der Waals surface area contributed by atoms with Gasteiger partial charge < -0.3 is 9.47 Å². The molecule has 0 spiro atoms. The molecule has 0 bridgehead atoms. The van der Waals surface area contributed by atoms with Crippen LogP contribution in [0.25, 0.3) is 0 Å². The summed E-state index contributed by atoms with van der Waals surface area (Å²) < 4.78 is 28.3. The summed E-state index contributed by atoms with van der Waals surface area (Å²) >= 11 is 0. The molecule has 3 heterocycles. The van der Waals surface area contributed by atoms with Crippen LogP contribution in [-0.4, -0.2) is 47.8 Å². The van der Waals surface area contributed by atoms with Gasteiger partial charge in [0, 0.05) is 45.0 Å². The first-order chi connectivity index (χ1) is 10.5. The Bertz CT molecular complexity index is 749. The smallest absolute Gasteiger partial charge is 0.274 e. The zero-order valence-electron chi connectivity index (χ0n) is 12.5. The molecular weight excluding hydrogens is 304 g/mol. The minimum absolute atomic E-state index is 0.0353. The SMILES string of the molecule is Cc1ccc(N2CC(CNS(=O)(=O)c3nccn3C)C2)nn1. The highest BCUT2D eigenvalue weighted by Crippen LogP contribution is 2.21. The van der Waals surface area contributed by atoms with E-state index in [2.05, 4.69) is 24.8 Å². The van der Waals surface area contributed by atoms with Crippen molar-refractivity contribution in [1.82, 2.24) is 24.5 Å². The molecular formula is C13H18N6O2S. The minimum atomic E-state index is -3.55. The zero-order chi connectivity index (χ0) is 15.7. The van der Waals surface area contributed by atoms with Crippen molar-refractivity contribution in [2.75, 3.05) is 24.5 Å². The van der Waals surface area contributed by atoms with E-state index < -0.39 is 10.0 Å². The molecule has 1 N–H and O–H groups in total. The van der Waals surface area contributed by atoms with Gasteiger partial charge in [-0.05, 0) is 19.1 Å². The molecule has 2 aromatic heterocycles. The molecule has 0 unspecified atom stereocenters. The van der Waals surface area contributed by atoms with Crippen LogP contribution in [0.15, 0.2) is 29.7 Å². The molecule has 0 radical (unpaired) electrons. The summed E-state index contributed by atoms with van der Waals surface area (Å²) in [5.74, 6) is 1.09. The average molecular weight is 322 g/mol. The highest BCUT2D eigenvalue weighted by Gasteiger charge is 2.30. The number of hydrogen-bond acceptors (Lipinski definition) is 6. The van der Waals surface area contributed by atoms with Gasteiger partial charge in [0.25, 0.3) is 10.0 Å². The van der Waals surface area contributed by atoms with E-state index in [4.69, 9.17) is 0 Å². The van der Waals surface area contributed by atoms with Crippen LogP contribution in [0, 0.1) is 12.8 Å². The second-order valence-electron chi connectivity index (χ2n) is 5.48. The summed E-state index contributed by atoms with van der Waals surface area (Å²) in [5.41, 5.74) is 0.878. The first-order valence-corrected chi connectivity index (χ1v) is 8.46. The predicted octanol–water partition coefficient (Wildman–Crippen LogP) is -0.0668. The van der Waals surface area contributed by atoms with E-state index in [-0.39, 0.29) is 11.1 Å². The van der Waals surface area contributed by atoms with Crippen molar-refractivity contribution < 1.29 is 8.42 Å². The highest BCUT2D eigenvalue weighted by molar-refractivity contribution is 7.89. The van der Waals surface area contributed by atoms with E-state index in [0.717, 1.165) is 24.6 Å². The van der Waals surface area contributed by atoms with Gasteiger partial charge in [-0.1, -0.05) is 0 Å². The number of anilines is 1. The summed E-state index contributed by atoms with van der Waals surface area (Å²) in [6, 6.07) is 3.84. The molecule has 0 aliphatic carbocycles. The van der Waals surface area contributed by atoms with Crippen molar-refractivity contribution >= 4 is 15.8 Å². The predicted molar refractivity (Wildman–Crippen MR) is 80.9 cm³/mol. The standard InChI is InChI=1S/C13H18N6O2S/c1-10-3-4-12(17-16-10)19-8-11(9-19)7-15-22(20,21)13-14-5-6-18(13)2/h3-6,11,15H,7-9H2,1-2H3. The van der Waals surface area contributed by atoms with Crippen LogP contribution < -0.4 is 9.62 Å². The number of aryl methyl sites for hydroxylation is 2. The molecule has 0 aromatic carbocycles. The van der Waals surface area contributed by atoms with Crippen molar-refractivity contribution in [2.45, 2.75) is 12.1 Å². The van der Waals surface area contributed by atoms with Crippen molar-refractivity contribution in [1.29, 1.82) is 0 Å². The molecule has 9 heteroatoms. The van der Waals surface area contributed by atoms with E-state index >= 15 is 0 Å². The van der Waals surface area contributed by atoms with Gasteiger partial charge >= 0.3 is 0 Å². The molecule has 1 fully saturated rings. The maximum atomic E-state index is 12.1. The normalized spacial score (nSPS) is 15.8. The molecule has 22 heavy (non-hydrogen) atoms. The van der Waals surface area contributed by atoms with Crippen molar-refractivity contribution in [2.24, 2.45) is 13.0 Å². The second kappa shape index (κ2) is 5.65. The first-order valence-electron chi connectivity index (χ1n) is 6.98. The van der Waals surface area contributed by atoms with E-state index in [1.54, 1.807) is 13.2 Å². The van der Waals surface area contributed by atoms with E-state index in [0.29, 0.717) is 6.54 Å². The Hall–Kier alpha value is -2.00. The Morgan fingerprint density at radius 2 is 2.09 bits per heavy atom. The van der Waals surface area contributed by atoms with E-state index in [1.165, 1.54) is 10.8 Å². The summed E-state index contributed by atoms with van der Waals surface area (Å²) in [7, 11) is -1.90. The topological polar surface area (TPSA) is 93.0 Å². The molecule has 3 rings (SSSR count). The Kier molecular flexibility index (Phi) is 3.83. The van der Waals surface area contributed by atoms with Gasteiger partial charge in [0.1, 0.15) is 0 Å². The third-order valence-corrected chi connectivity index (χ3v) is 5.07. The third-order valence-electron chi connectivity index (χ3n) is 3.64. The Morgan fingerprint density at radius 1 is 1.32 bits per heavy atom. The Morgan fingerprint density at radius 3 is 2.68 bits per heavy atom. The maximum Gasteiger partial charge on any atom is 0.274 e. The van der Waals surface area contributed by atoms with E-state index in [1.807, 2.05) is 19.1 Å². The largest absolute Gasteiger partial charge is 0.354 e. The molecule has 0 saturated carbocycles. The van der Waals surface area contributed by atoms with Crippen LogP contribution in [0.5, 0.6) is 0 Å². The van der Waals surface area contributed by atoms with Crippen LogP contribution in [0.2, 0.25) is 0 Å². The lowest BCUT2D eigenvalue weighted by atomic mass is 10.0. The van der Waals surface area contributed by atoms with Crippen LogP contribution in [0.1, 0.15) is 5.69 Å². The van der Waals surface area contributed by atoms with Crippen LogP contribution in [0.3, 0.4) is 0 Å². The molecule has 1 aliphatic heterocycles. The molecule has 0 amide bonds. The molecule has 8 nitrogen and oxygen atoms in total. The van der Waals surface area contributed by atoms with E-state index in [9.17, 15) is 8.42 Å². The number of sulfonamides is 1. The quantitative estimate of drug-likeness (QED) is 0.828. The summed E-state index contributed by atoms with van der Waals surface area (Å²) in [6.07, 6.45) is 3.07. The van der Waals surface area contributed by atoms with Gasteiger partial charge in [-0.15, -0.1) is 5.10 Å². The number of hydrogen-bond donors (Lipinski definition) is 1. The molecule has 118 valence electrons. The summed E-state index contributed by atoms with van der Waals surface area (Å²) in [5, 5.41) is 8.18. The van der Waals surface area contributed by atoms with Crippen LogP contribution in [-0.2, 0) is 17.1 Å². The molecule has 1 saturated heterocycles. The fourth-order valence-electron chi connectivity index (χ4n) is 2.35. The van der Waals surface area contributed by atoms with Crippen LogP contribution in [0.4, 0.5) is 5.82 Å². The molecule has 1 aliphatic rings. The molecule has 2 aromatic rings. The van der Waals surface area contributed by atoms with Gasteiger partial charge in [0.15, 0.2) is 5.82 Å². The van der Waals surface area contributed by atoms with Gasteiger partial charge in [-0.25, -0.2) is 18.1 Å². The number of nitrogens with zero attached hydrogens (tertiary/aromatic N) is 5. The lowest BCUT2D eigenvalue weighted by Gasteiger charge is -2.39. The number of nitrogens with one attached hydrogen (secondary N) is 1. The fraction of sp³-hybridized carbons (Fsp3) is 0.462. The molecule has 0 atom stereocenters. The lowest BCUT2D eigenvalue weighted by molar-refractivity contribution is 0.401. The summed E-state index contributed by atoms with van der Waals surface area (Å²) in [4.78, 5) is 5.94. The maximum absolute atomic E-state index is 12.1. The zero-order valence-corrected chi connectivity index (χ0v) is 13.3. The van der Waals surface area contributed by atoms with Crippen molar-refractivity contribution in [3.8, 4) is 0 Å². The summed E-state index contributed by atoms with van der Waals surface area (Å²) in [6.45, 7) is 3.81. The van der Waals surface area contributed by atoms with Crippen molar-refractivity contribution in [3.05, 3.63) is 30.2 Å². The van der Waals surface area contributed by atoms with Gasteiger partial charge in [0.05, 0.1) is 5.69 Å². The van der Waals surface area contributed by atoms with Crippen LogP contribution >= 0.6 is 0 Å². The number of aromatic nitrogens is 4. The van der Waals surface area contributed by atoms with Crippen molar-refractivity contribution in [3.63, 3.8) is 0 Å². The number of rotatable bonds is 5. The van der Waals surface area contributed by atoms with Gasteiger partial charge in [0.2, 0.25) is 5.16 Å². The lowest BCUT2D eigenvalue weighted by Crippen LogP contribution is -2.52. The van der Waals surface area contributed by atoms with Gasteiger partial charge in [-0.2, -0.15) is 5.10 Å². The highest BCUT2D eigenvalue weighted by atomic mass is 32.2. The Balaban J connectivity index is 1.53. The fourth-order valence-corrected chi connectivity index (χ4v) is 3.57. The monoisotopic (exact) mass is 322 g/mol. The average Bonchev–Trinajstić information content (AvgIpc) is 2.86. The second-order valence-corrected chi connectivity index (χ2v) is 7.14. The first kappa shape index (κ1) is 14.9. The minimum Gasteiger partial charge on any atom is -0.354 e. The third kappa shape index (κ3) is 2.95. The van der Waals surface area contributed by atoms with Gasteiger partial charge in [-0.3, -0.25) is 0 Å². The number of imidazole rings is 1. The Labute approximate surface area is 129 Å².